The van der Waals surface area contributed by atoms with Crippen LogP contribution in [-0.2, 0) is 22.4 Å². The Bertz CT molecular complexity index is 4100. The minimum atomic E-state index is -1.51. The summed E-state index contributed by atoms with van der Waals surface area (Å²) in [7, 11) is 6.25. The summed E-state index contributed by atoms with van der Waals surface area (Å²) in [5.74, 6) is -0.858. The second kappa shape index (κ2) is 30.1. The lowest BCUT2D eigenvalue weighted by atomic mass is 9.80. The molecule has 0 spiro atoms. The van der Waals surface area contributed by atoms with Crippen molar-refractivity contribution in [1.82, 2.24) is 38.7 Å². The Morgan fingerprint density at radius 1 is 0.477 bits per heavy atom. The minimum absolute atomic E-state index is 0.0697. The summed E-state index contributed by atoms with van der Waals surface area (Å²) in [5, 5.41) is 18.0. The first-order valence-electron chi connectivity index (χ1n) is 28.3. The topological polar surface area (TPSA) is 157 Å². The molecule has 2 N–H and O–H groups in total. The number of aromatic nitrogens is 4. The molecule has 2 unspecified atom stereocenters. The lowest BCUT2D eigenvalue weighted by Gasteiger charge is -2.31. The van der Waals surface area contributed by atoms with Crippen LogP contribution in [0.25, 0.3) is 44.3 Å². The van der Waals surface area contributed by atoms with Crippen LogP contribution in [0.4, 0.5) is 17.6 Å². The van der Waals surface area contributed by atoms with E-state index in [0.717, 1.165) is 26.7 Å². The van der Waals surface area contributed by atoms with Gasteiger partial charge in [0.05, 0.1) is 58.1 Å². The Morgan fingerprint density at radius 2 is 0.807 bits per heavy atom. The van der Waals surface area contributed by atoms with E-state index in [1.165, 1.54) is 81.9 Å². The van der Waals surface area contributed by atoms with E-state index in [0.29, 0.717) is 76.5 Å². The van der Waals surface area contributed by atoms with Gasteiger partial charge in [-0.2, -0.15) is 0 Å². The molecule has 0 aliphatic heterocycles. The third kappa shape index (κ3) is 16.8. The van der Waals surface area contributed by atoms with Gasteiger partial charge in [0.25, 0.3) is 11.1 Å². The molecule has 2 amide bonds. The summed E-state index contributed by atoms with van der Waals surface area (Å²) < 4.78 is 56.9. The van der Waals surface area contributed by atoms with E-state index in [4.69, 9.17) is 20.0 Å². The van der Waals surface area contributed by atoms with Crippen molar-refractivity contribution in [3.05, 3.63) is 265 Å². The highest BCUT2D eigenvalue weighted by molar-refractivity contribution is 9.10. The predicted octanol–water partition coefficient (Wildman–Crippen LogP) is 10.5. The smallest absolute Gasteiger partial charge is 0.423 e. The van der Waals surface area contributed by atoms with Crippen LogP contribution in [0.1, 0.15) is 48.7 Å². The van der Waals surface area contributed by atoms with Gasteiger partial charge in [0.1, 0.15) is 34.9 Å². The molecule has 10 rings (SSSR count). The fourth-order valence-electron chi connectivity index (χ4n) is 9.75. The molecule has 0 aliphatic carbocycles. The molecule has 0 fully saturated rings. The van der Waals surface area contributed by atoms with Gasteiger partial charge in [0, 0.05) is 30.7 Å². The molecule has 10 aromatic rings. The summed E-state index contributed by atoms with van der Waals surface area (Å²) in [5.41, 5.74) is 5.32. The molecule has 0 bridgehead atoms. The summed E-state index contributed by atoms with van der Waals surface area (Å²) in [6, 6.07) is 51.1. The van der Waals surface area contributed by atoms with Gasteiger partial charge in [-0.25, -0.2) is 27.5 Å². The third-order valence-corrected chi connectivity index (χ3v) is 15.1. The molecule has 2 aromatic heterocycles. The highest BCUT2D eigenvalue weighted by Crippen LogP contribution is 2.28. The van der Waals surface area contributed by atoms with E-state index >= 15 is 0 Å². The highest BCUT2D eigenvalue weighted by Gasteiger charge is 2.29. The summed E-state index contributed by atoms with van der Waals surface area (Å²) >= 11 is 3.43. The van der Waals surface area contributed by atoms with Crippen molar-refractivity contribution in [1.29, 1.82) is 0 Å². The number of benzene rings is 8. The van der Waals surface area contributed by atoms with Crippen molar-refractivity contribution in [2.75, 3.05) is 54.4 Å². The number of halogens is 5. The summed E-state index contributed by atoms with van der Waals surface area (Å²) in [4.78, 5) is 72.1. The van der Waals surface area contributed by atoms with Gasteiger partial charge in [-0.05, 0) is 179 Å². The maximum Gasteiger partial charge on any atom is 0.488 e. The van der Waals surface area contributed by atoms with Crippen molar-refractivity contribution in [2.24, 2.45) is 0 Å². The van der Waals surface area contributed by atoms with Crippen LogP contribution >= 0.6 is 15.9 Å². The van der Waals surface area contributed by atoms with Gasteiger partial charge in [-0.15, -0.1) is 0 Å². The number of rotatable bonds is 18. The van der Waals surface area contributed by atoms with E-state index in [9.17, 15) is 36.7 Å². The normalized spacial score (nSPS) is 11.8. The van der Waals surface area contributed by atoms with Crippen LogP contribution in [0.2, 0.25) is 0 Å². The van der Waals surface area contributed by atoms with Gasteiger partial charge in [0.2, 0.25) is 11.8 Å². The molecule has 0 radical (unpaired) electrons. The van der Waals surface area contributed by atoms with E-state index in [2.05, 4.69) is 15.9 Å². The first kappa shape index (κ1) is 65.1. The zero-order chi connectivity index (χ0) is 63.2. The van der Waals surface area contributed by atoms with E-state index in [1.54, 1.807) is 70.5 Å². The molecule has 14 nitrogen and oxygen atoms in total. The molecule has 2 heterocycles. The van der Waals surface area contributed by atoms with E-state index < -0.39 is 30.8 Å². The SMILES string of the molecule is CC(c1nc2ccccc2c(=O)n1-c1ccc(F)cc1)N(CCN(C)C)C(=O)Cc1ccc(-c2ccc(F)cc2)cc1.CC(c1nc2ccccc2c(=O)n1-c1ccc(F)cc1)N(CCN(C)C)C(=O)Cc1ccc(Br)cc1.OB(O)c1ccc(F)cc1. The van der Waals surface area contributed by atoms with Crippen molar-refractivity contribution in [2.45, 2.75) is 38.8 Å². The molecule has 0 aliphatic rings. The molecule has 0 saturated carbocycles. The largest absolute Gasteiger partial charge is 0.488 e. The Balaban J connectivity index is 0.000000198. The molecular weight excluding hydrogens is 1190 g/mol. The second-order valence-corrected chi connectivity index (χ2v) is 22.4. The lowest BCUT2D eigenvalue weighted by Crippen LogP contribution is -2.41. The van der Waals surface area contributed by atoms with Crippen molar-refractivity contribution in [3.8, 4) is 22.5 Å². The number of carbonyl (C=O) groups is 2. The number of hydrogen-bond donors (Lipinski definition) is 2. The fraction of sp³-hybridized carbons (Fsp3) is 0.206. The fourth-order valence-corrected chi connectivity index (χ4v) is 10.0. The Hall–Kier alpha value is -8.92. The van der Waals surface area contributed by atoms with Crippen LogP contribution < -0.4 is 16.6 Å². The maximum absolute atomic E-state index is 13.9. The van der Waals surface area contributed by atoms with Crippen LogP contribution in [0, 0.1) is 23.3 Å². The molecule has 8 aromatic carbocycles. The third-order valence-electron chi connectivity index (χ3n) is 14.6. The number of hydrogen-bond acceptors (Lipinski definition) is 10. The molecule has 88 heavy (non-hydrogen) atoms. The number of fused-ring (bicyclic) bond motifs is 2. The molecule has 452 valence electrons. The van der Waals surface area contributed by atoms with Crippen LogP contribution in [0.5, 0.6) is 0 Å². The van der Waals surface area contributed by atoms with Crippen molar-refractivity contribution < 1.29 is 37.2 Å². The summed E-state index contributed by atoms with van der Waals surface area (Å²) in [6.07, 6.45) is 0.370. The van der Waals surface area contributed by atoms with Gasteiger partial charge >= 0.3 is 7.12 Å². The van der Waals surface area contributed by atoms with Crippen LogP contribution in [0.15, 0.2) is 208 Å². The Kier molecular flexibility index (Phi) is 22.3. The summed E-state index contributed by atoms with van der Waals surface area (Å²) in [6.45, 7) is 5.86. The van der Waals surface area contributed by atoms with Gasteiger partial charge < -0.3 is 29.6 Å². The van der Waals surface area contributed by atoms with Crippen molar-refractivity contribution >= 4 is 62.1 Å². The first-order chi connectivity index (χ1) is 42.1. The van der Waals surface area contributed by atoms with E-state index in [1.807, 2.05) is 113 Å². The van der Waals surface area contributed by atoms with Crippen LogP contribution in [-0.4, -0.2) is 122 Å². The number of carbonyl (C=O) groups excluding carboxylic acids is 2. The molecule has 2 atom stereocenters. The maximum atomic E-state index is 13.9. The number of amides is 2. The number of likely N-dealkylation sites (N-methyl/N-ethyl adjacent to an activating group) is 2. The Morgan fingerprint density at radius 3 is 1.17 bits per heavy atom. The zero-order valence-electron chi connectivity index (χ0n) is 49.4. The average Bonchev–Trinajstić information content (AvgIpc) is 1.20. The van der Waals surface area contributed by atoms with Gasteiger partial charge in [0.15, 0.2) is 0 Å². The molecular formula is C68H66BBrF4N8O6. The number of nitrogens with zero attached hydrogens (tertiary/aromatic N) is 8. The highest BCUT2D eigenvalue weighted by atomic mass is 79.9. The van der Waals surface area contributed by atoms with Gasteiger partial charge in [-0.3, -0.25) is 28.3 Å². The standard InChI is InChI=1S/C34H32F2N4O2.C28H28BrFN4O2.C6H6BFO2/c1-23(33-37-31-7-5-4-6-30(31)34(42)40(33)29-18-16-28(36)17-19-29)39(21-20-38(2)3)32(41)22-24-8-10-25(11-9-24)26-12-14-27(35)15-13-26;1-19(33(17-16-32(2)3)26(35)18-20-8-10-21(29)11-9-20)27-31-25-7-5-4-6-24(25)28(36)34(27)23-14-12-22(30)13-15-23;8-6-3-1-5(2-4-6)7(9)10/h4-19,23H,20-22H2,1-3H3;4-15,19H,16-18H2,1-3H3;1-4,9-10H. The lowest BCUT2D eigenvalue weighted by molar-refractivity contribution is -0.133. The van der Waals surface area contributed by atoms with Gasteiger partial charge in [-0.1, -0.05) is 101 Å². The predicted molar refractivity (Wildman–Crippen MR) is 342 cm³/mol. The molecule has 0 saturated heterocycles. The average molecular weight is 1260 g/mol. The van der Waals surface area contributed by atoms with E-state index in [-0.39, 0.29) is 47.4 Å². The molecule has 20 heteroatoms. The van der Waals surface area contributed by atoms with Crippen LogP contribution in [0.3, 0.4) is 0 Å². The minimum Gasteiger partial charge on any atom is -0.423 e. The quantitative estimate of drug-likeness (QED) is 0.0626. The number of para-hydroxylation sites is 2. The van der Waals surface area contributed by atoms with Crippen molar-refractivity contribution in [3.63, 3.8) is 0 Å². The first-order valence-corrected chi connectivity index (χ1v) is 29.1. The second-order valence-electron chi connectivity index (χ2n) is 21.5. The zero-order valence-corrected chi connectivity index (χ0v) is 51.0. The Labute approximate surface area is 516 Å². The monoisotopic (exact) mass is 1260 g/mol.